The summed E-state index contributed by atoms with van der Waals surface area (Å²) in [5.41, 5.74) is 0. The summed E-state index contributed by atoms with van der Waals surface area (Å²) in [5.74, 6) is 0. The second kappa shape index (κ2) is 1.78. The van der Waals surface area contributed by atoms with E-state index in [4.69, 9.17) is 0 Å². The summed E-state index contributed by atoms with van der Waals surface area (Å²) in [6.45, 7) is 1.57. The first-order valence-electron chi connectivity index (χ1n) is 2.61. The van der Waals surface area contributed by atoms with Gasteiger partial charge in [-0.3, -0.25) is 0 Å². The third kappa shape index (κ3) is 1.13. The maximum atomic E-state index is 12.1. The molecule has 0 spiro atoms. The maximum absolute atomic E-state index is 12.1. The summed E-state index contributed by atoms with van der Waals surface area (Å²) in [6.07, 6.45) is 0.182. The van der Waals surface area contributed by atoms with Crippen molar-refractivity contribution in [3.8, 4) is 0 Å². The fourth-order valence-electron chi connectivity index (χ4n) is 0.881. The first kappa shape index (κ1) is 5.04. The highest BCUT2D eigenvalue weighted by Crippen LogP contribution is 2.08. The number of halogens is 1. The molecule has 0 aromatic heterocycles. The van der Waals surface area contributed by atoms with Crippen LogP contribution in [0.15, 0.2) is 0 Å². The molecule has 0 aromatic rings. The molecule has 0 aliphatic carbocycles. The van der Waals surface area contributed by atoms with E-state index in [1.165, 1.54) is 0 Å². The first-order chi connectivity index (χ1) is 3.29. The van der Waals surface area contributed by atoms with Gasteiger partial charge in [0.25, 0.3) is 0 Å². The van der Waals surface area contributed by atoms with Crippen molar-refractivity contribution in [3.05, 3.63) is 0 Å². The zero-order chi connectivity index (χ0) is 5.28. The van der Waals surface area contributed by atoms with Gasteiger partial charge in [-0.15, -0.1) is 0 Å². The lowest BCUT2D eigenvalue weighted by Gasteiger charge is -2.01. The third-order valence-corrected chi connectivity index (χ3v) is 1.33. The monoisotopic (exact) mass is 103 g/mol. The average molecular weight is 103 g/mol. The van der Waals surface area contributed by atoms with E-state index in [2.05, 4.69) is 0 Å². The second-order valence-electron chi connectivity index (χ2n) is 2.15. The molecule has 0 bridgehead atoms. The van der Waals surface area contributed by atoms with Crippen LogP contribution in [0.3, 0.4) is 0 Å². The Morgan fingerprint density at radius 3 is 2.57 bits per heavy atom. The van der Waals surface area contributed by atoms with Gasteiger partial charge in [0.1, 0.15) is 6.17 Å². The number of rotatable bonds is 0. The molecule has 0 N–H and O–H groups in total. The largest absolute Gasteiger partial charge is 0.303 e. The normalized spacial score (nSPS) is 34.3. The molecule has 1 heterocycles. The summed E-state index contributed by atoms with van der Waals surface area (Å²) in [7, 11) is 1.94. The van der Waals surface area contributed by atoms with E-state index in [0.717, 1.165) is 13.0 Å². The van der Waals surface area contributed by atoms with Crippen LogP contribution in [0.2, 0.25) is 0 Å². The van der Waals surface area contributed by atoms with Gasteiger partial charge in [0.2, 0.25) is 0 Å². The van der Waals surface area contributed by atoms with Gasteiger partial charge >= 0.3 is 0 Å². The molecule has 1 fully saturated rings. The summed E-state index contributed by atoms with van der Waals surface area (Å²) in [4.78, 5) is 2.00. The van der Waals surface area contributed by atoms with Crippen LogP contribution in [0.1, 0.15) is 6.42 Å². The van der Waals surface area contributed by atoms with Gasteiger partial charge in [-0.05, 0) is 13.5 Å². The Morgan fingerprint density at radius 1 is 1.71 bits per heavy atom. The average Bonchev–Trinajstić information content (AvgIpc) is 1.87. The minimum absolute atomic E-state index is 0.551. The van der Waals surface area contributed by atoms with Gasteiger partial charge in [0.15, 0.2) is 0 Å². The van der Waals surface area contributed by atoms with Crippen LogP contribution in [-0.4, -0.2) is 31.2 Å². The number of hydrogen-bond acceptors (Lipinski definition) is 1. The molecule has 1 aliphatic heterocycles. The number of hydrogen-bond donors (Lipinski definition) is 0. The van der Waals surface area contributed by atoms with Gasteiger partial charge in [0.05, 0.1) is 0 Å². The van der Waals surface area contributed by atoms with Crippen LogP contribution in [-0.2, 0) is 0 Å². The highest BCUT2D eigenvalue weighted by molar-refractivity contribution is 4.70. The van der Waals surface area contributed by atoms with E-state index >= 15 is 0 Å². The van der Waals surface area contributed by atoms with Gasteiger partial charge in [-0.1, -0.05) is 0 Å². The molecule has 0 radical (unpaired) electrons. The molecule has 0 aromatic carbocycles. The predicted molar refractivity (Wildman–Crippen MR) is 27.0 cm³/mol. The van der Waals surface area contributed by atoms with Crippen molar-refractivity contribution in [3.63, 3.8) is 0 Å². The minimum atomic E-state index is -0.551. The third-order valence-electron chi connectivity index (χ3n) is 1.33. The van der Waals surface area contributed by atoms with Crippen molar-refractivity contribution >= 4 is 0 Å². The second-order valence-corrected chi connectivity index (χ2v) is 2.15. The van der Waals surface area contributed by atoms with Gasteiger partial charge < -0.3 is 4.90 Å². The van der Waals surface area contributed by atoms with Gasteiger partial charge in [-0.2, -0.15) is 0 Å². The molecule has 7 heavy (non-hydrogen) atoms. The Labute approximate surface area is 43.1 Å². The molecule has 1 aliphatic rings. The van der Waals surface area contributed by atoms with E-state index in [-0.39, 0.29) is 0 Å². The van der Waals surface area contributed by atoms with Crippen LogP contribution < -0.4 is 0 Å². The number of nitrogens with zero attached hydrogens (tertiary/aromatic N) is 1. The zero-order valence-electron chi connectivity index (χ0n) is 4.52. The molecule has 0 unspecified atom stereocenters. The Kier molecular flexibility index (Phi) is 1.28. The SMILES string of the molecule is CN1CC[C@H](F)C1. The molecule has 1 saturated heterocycles. The molecule has 42 valence electrons. The van der Waals surface area contributed by atoms with Crippen molar-refractivity contribution in [2.45, 2.75) is 12.6 Å². The standard InChI is InChI=1S/C5H10FN/c1-7-3-2-5(6)4-7/h5H,2-4H2,1H3/t5-/m0/s1. The molecule has 0 saturated carbocycles. The molecule has 1 rings (SSSR count). The highest BCUT2D eigenvalue weighted by Gasteiger charge is 2.16. The van der Waals surface area contributed by atoms with Crippen LogP contribution >= 0.6 is 0 Å². The minimum Gasteiger partial charge on any atom is -0.303 e. The van der Waals surface area contributed by atoms with Crippen molar-refractivity contribution in [1.29, 1.82) is 0 Å². The summed E-state index contributed by atoms with van der Waals surface area (Å²) in [6, 6.07) is 0. The number of likely N-dealkylation sites (tertiary alicyclic amines) is 1. The summed E-state index contributed by atoms with van der Waals surface area (Å²) in [5, 5.41) is 0. The van der Waals surface area contributed by atoms with Crippen LogP contribution in [0.4, 0.5) is 4.39 Å². The summed E-state index contributed by atoms with van der Waals surface area (Å²) >= 11 is 0. The van der Waals surface area contributed by atoms with E-state index in [0.29, 0.717) is 6.54 Å². The van der Waals surface area contributed by atoms with E-state index in [9.17, 15) is 4.39 Å². The summed E-state index contributed by atoms with van der Waals surface area (Å²) < 4.78 is 12.1. The van der Waals surface area contributed by atoms with E-state index < -0.39 is 6.17 Å². The fraction of sp³-hybridized carbons (Fsp3) is 1.00. The molecular formula is C5H10FN. The first-order valence-corrected chi connectivity index (χ1v) is 2.61. The Bertz CT molecular complexity index is 57.1. The number of alkyl halides is 1. The van der Waals surface area contributed by atoms with Crippen molar-refractivity contribution in [1.82, 2.24) is 4.90 Å². The van der Waals surface area contributed by atoms with Crippen molar-refractivity contribution in [2.24, 2.45) is 0 Å². The quantitative estimate of drug-likeness (QED) is 0.435. The lowest BCUT2D eigenvalue weighted by atomic mass is 10.4. The van der Waals surface area contributed by atoms with Crippen molar-refractivity contribution in [2.75, 3.05) is 20.1 Å². The lowest BCUT2D eigenvalue weighted by Crippen LogP contribution is -2.13. The van der Waals surface area contributed by atoms with E-state index in [1.54, 1.807) is 0 Å². The maximum Gasteiger partial charge on any atom is 0.114 e. The van der Waals surface area contributed by atoms with Crippen molar-refractivity contribution < 1.29 is 4.39 Å². The highest BCUT2D eigenvalue weighted by atomic mass is 19.1. The zero-order valence-corrected chi connectivity index (χ0v) is 4.52. The molecular weight excluding hydrogens is 93.1 g/mol. The topological polar surface area (TPSA) is 3.24 Å². The Morgan fingerprint density at radius 2 is 2.43 bits per heavy atom. The molecule has 2 heteroatoms. The molecule has 1 atom stereocenters. The molecule has 0 amide bonds. The van der Waals surface area contributed by atoms with Crippen LogP contribution in [0.5, 0.6) is 0 Å². The Hall–Kier alpha value is -0.110. The lowest BCUT2D eigenvalue weighted by molar-refractivity contribution is 0.321. The van der Waals surface area contributed by atoms with Crippen LogP contribution in [0, 0.1) is 0 Å². The van der Waals surface area contributed by atoms with E-state index in [1.807, 2.05) is 11.9 Å². The van der Waals surface area contributed by atoms with Gasteiger partial charge in [-0.25, -0.2) is 4.39 Å². The smallest absolute Gasteiger partial charge is 0.114 e. The molecule has 1 nitrogen and oxygen atoms in total. The fourth-order valence-corrected chi connectivity index (χ4v) is 0.881. The van der Waals surface area contributed by atoms with Gasteiger partial charge in [0, 0.05) is 13.1 Å². The predicted octanol–water partition coefficient (Wildman–Crippen LogP) is 0.660. The Balaban J connectivity index is 2.26. The van der Waals surface area contributed by atoms with Crippen LogP contribution in [0.25, 0.3) is 0 Å².